The molecule has 3 heteroatoms. The molecule has 0 fully saturated rings. The minimum absolute atomic E-state index is 0.224. The Bertz CT molecular complexity index is 597. The van der Waals surface area contributed by atoms with Crippen LogP contribution in [0.3, 0.4) is 0 Å². The van der Waals surface area contributed by atoms with Crippen molar-refractivity contribution in [1.82, 2.24) is 0 Å². The Morgan fingerprint density at radius 1 is 1.00 bits per heavy atom. The SMILES string of the molecule is CC(C)C1=CC=CC(c2ccc(O)c(O)c2O)(C(C)C)C1. The molecule has 0 amide bonds. The molecule has 1 unspecified atom stereocenters. The molecule has 114 valence electrons. The standard InChI is InChI=1S/C18H24O3/c1-11(2)13-6-5-9-18(10-13,12(3)4)14-7-8-15(19)17(21)16(14)20/h5-9,11-12,19-21H,10H2,1-4H3. The molecule has 21 heavy (non-hydrogen) atoms. The predicted molar refractivity (Wildman–Crippen MR) is 84.6 cm³/mol. The van der Waals surface area contributed by atoms with Crippen molar-refractivity contribution in [1.29, 1.82) is 0 Å². The van der Waals surface area contributed by atoms with Gasteiger partial charge in [-0.05, 0) is 24.3 Å². The molecule has 0 aliphatic heterocycles. The minimum atomic E-state index is -0.443. The first-order valence-electron chi connectivity index (χ1n) is 7.42. The van der Waals surface area contributed by atoms with Gasteiger partial charge in [-0.2, -0.15) is 0 Å². The van der Waals surface area contributed by atoms with Crippen molar-refractivity contribution in [2.24, 2.45) is 11.8 Å². The number of phenolic OH excluding ortho intramolecular Hbond substituents is 3. The molecule has 0 heterocycles. The smallest absolute Gasteiger partial charge is 0.200 e. The molecule has 1 aliphatic rings. The summed E-state index contributed by atoms with van der Waals surface area (Å²) in [7, 11) is 0. The van der Waals surface area contributed by atoms with Gasteiger partial charge in [0.2, 0.25) is 5.75 Å². The molecule has 1 aromatic rings. The second kappa shape index (κ2) is 5.47. The summed E-state index contributed by atoms with van der Waals surface area (Å²) < 4.78 is 0. The van der Waals surface area contributed by atoms with E-state index in [-0.39, 0.29) is 22.8 Å². The second-order valence-corrected chi connectivity index (χ2v) is 6.46. The van der Waals surface area contributed by atoms with Gasteiger partial charge in [0.15, 0.2) is 11.5 Å². The van der Waals surface area contributed by atoms with Crippen molar-refractivity contribution in [3.8, 4) is 17.2 Å². The highest BCUT2D eigenvalue weighted by Gasteiger charge is 2.38. The summed E-state index contributed by atoms with van der Waals surface area (Å²) in [6.07, 6.45) is 7.05. The number of phenols is 3. The Hall–Kier alpha value is -1.90. The maximum absolute atomic E-state index is 10.3. The monoisotopic (exact) mass is 288 g/mol. The maximum atomic E-state index is 10.3. The fourth-order valence-corrected chi connectivity index (χ4v) is 3.03. The molecule has 1 atom stereocenters. The van der Waals surface area contributed by atoms with Gasteiger partial charge in [0.1, 0.15) is 0 Å². The lowest BCUT2D eigenvalue weighted by atomic mass is 9.64. The summed E-state index contributed by atoms with van der Waals surface area (Å²) in [6, 6.07) is 3.15. The molecule has 2 rings (SSSR count). The lowest BCUT2D eigenvalue weighted by Crippen LogP contribution is -2.33. The first-order valence-corrected chi connectivity index (χ1v) is 7.42. The van der Waals surface area contributed by atoms with Gasteiger partial charge in [-0.3, -0.25) is 0 Å². The lowest BCUT2D eigenvalue weighted by molar-refractivity contribution is 0.328. The molecule has 0 saturated carbocycles. The summed E-state index contributed by atoms with van der Waals surface area (Å²) in [5, 5.41) is 29.7. The molecule has 0 bridgehead atoms. The number of aromatic hydroxyl groups is 3. The molecule has 1 aliphatic carbocycles. The van der Waals surface area contributed by atoms with E-state index in [0.717, 1.165) is 6.42 Å². The van der Waals surface area contributed by atoms with Crippen molar-refractivity contribution in [2.45, 2.75) is 39.5 Å². The Morgan fingerprint density at radius 3 is 2.24 bits per heavy atom. The zero-order chi connectivity index (χ0) is 15.8. The van der Waals surface area contributed by atoms with Gasteiger partial charge < -0.3 is 15.3 Å². The van der Waals surface area contributed by atoms with E-state index < -0.39 is 5.75 Å². The second-order valence-electron chi connectivity index (χ2n) is 6.46. The van der Waals surface area contributed by atoms with E-state index in [1.165, 1.54) is 11.6 Å². The van der Waals surface area contributed by atoms with Crippen LogP contribution < -0.4 is 0 Å². The van der Waals surface area contributed by atoms with Gasteiger partial charge in [0, 0.05) is 11.0 Å². The molecular formula is C18H24O3. The van der Waals surface area contributed by atoms with Crippen LogP contribution in [0.5, 0.6) is 17.2 Å². The molecule has 0 spiro atoms. The molecular weight excluding hydrogens is 264 g/mol. The van der Waals surface area contributed by atoms with Crippen LogP contribution in [0.15, 0.2) is 35.9 Å². The summed E-state index contributed by atoms with van der Waals surface area (Å²) in [5.41, 5.74) is 1.61. The van der Waals surface area contributed by atoms with Gasteiger partial charge in [-0.1, -0.05) is 57.6 Å². The van der Waals surface area contributed by atoms with Crippen molar-refractivity contribution in [3.05, 3.63) is 41.5 Å². The Balaban J connectivity index is 2.59. The number of rotatable bonds is 3. The average Bonchev–Trinajstić information content (AvgIpc) is 2.44. The molecule has 1 aromatic carbocycles. The molecule has 0 aromatic heterocycles. The van der Waals surface area contributed by atoms with Crippen molar-refractivity contribution in [2.75, 3.05) is 0 Å². The quantitative estimate of drug-likeness (QED) is 0.729. The number of allylic oxidation sites excluding steroid dienone is 4. The third-order valence-electron chi connectivity index (χ3n) is 4.60. The molecule has 3 nitrogen and oxygen atoms in total. The molecule has 0 saturated heterocycles. The number of hydrogen-bond donors (Lipinski definition) is 3. The van der Waals surface area contributed by atoms with E-state index >= 15 is 0 Å². The van der Waals surface area contributed by atoms with E-state index in [2.05, 4.69) is 39.8 Å². The summed E-state index contributed by atoms with van der Waals surface area (Å²) in [5.74, 6) is -0.290. The van der Waals surface area contributed by atoms with Crippen molar-refractivity contribution >= 4 is 0 Å². The highest BCUT2D eigenvalue weighted by Crippen LogP contribution is 2.50. The lowest BCUT2D eigenvalue weighted by Gasteiger charge is -2.39. The Morgan fingerprint density at radius 2 is 1.67 bits per heavy atom. The predicted octanol–water partition coefficient (Wildman–Crippen LogP) is 4.24. The van der Waals surface area contributed by atoms with Crippen LogP contribution in [0.4, 0.5) is 0 Å². The zero-order valence-corrected chi connectivity index (χ0v) is 13.1. The third-order valence-corrected chi connectivity index (χ3v) is 4.60. The van der Waals surface area contributed by atoms with Gasteiger partial charge in [-0.25, -0.2) is 0 Å². The minimum Gasteiger partial charge on any atom is -0.504 e. The summed E-state index contributed by atoms with van der Waals surface area (Å²) in [4.78, 5) is 0. The summed E-state index contributed by atoms with van der Waals surface area (Å²) >= 11 is 0. The zero-order valence-electron chi connectivity index (χ0n) is 13.1. The summed E-state index contributed by atoms with van der Waals surface area (Å²) in [6.45, 7) is 8.53. The highest BCUT2D eigenvalue weighted by atomic mass is 16.3. The van der Waals surface area contributed by atoms with Crippen molar-refractivity contribution in [3.63, 3.8) is 0 Å². The van der Waals surface area contributed by atoms with Crippen molar-refractivity contribution < 1.29 is 15.3 Å². The van der Waals surface area contributed by atoms with Gasteiger partial charge in [0.05, 0.1) is 0 Å². The van der Waals surface area contributed by atoms with Gasteiger partial charge in [0.25, 0.3) is 0 Å². The normalized spacial score (nSPS) is 21.9. The fraction of sp³-hybridized carbons (Fsp3) is 0.444. The molecule has 3 N–H and O–H groups in total. The molecule has 0 radical (unpaired) electrons. The maximum Gasteiger partial charge on any atom is 0.200 e. The first kappa shape index (κ1) is 15.5. The van der Waals surface area contributed by atoms with Gasteiger partial charge in [-0.15, -0.1) is 0 Å². The van der Waals surface area contributed by atoms with Crippen LogP contribution in [0, 0.1) is 11.8 Å². The van der Waals surface area contributed by atoms with E-state index in [4.69, 9.17) is 0 Å². The average molecular weight is 288 g/mol. The van der Waals surface area contributed by atoms with Gasteiger partial charge >= 0.3 is 0 Å². The van der Waals surface area contributed by atoms with Crippen LogP contribution in [-0.4, -0.2) is 15.3 Å². The number of hydrogen-bond acceptors (Lipinski definition) is 3. The van der Waals surface area contributed by atoms with E-state index in [1.54, 1.807) is 6.07 Å². The third kappa shape index (κ3) is 2.53. The first-order chi connectivity index (χ1) is 9.79. The van der Waals surface area contributed by atoms with Crippen LogP contribution in [0.2, 0.25) is 0 Å². The van der Waals surface area contributed by atoms with E-state index in [9.17, 15) is 15.3 Å². The van der Waals surface area contributed by atoms with Crippen LogP contribution in [-0.2, 0) is 5.41 Å². The highest BCUT2D eigenvalue weighted by molar-refractivity contribution is 5.58. The van der Waals surface area contributed by atoms with E-state index in [1.807, 2.05) is 6.08 Å². The topological polar surface area (TPSA) is 60.7 Å². The van der Waals surface area contributed by atoms with Crippen LogP contribution >= 0.6 is 0 Å². The Kier molecular flexibility index (Phi) is 4.04. The van der Waals surface area contributed by atoms with E-state index in [0.29, 0.717) is 11.5 Å². The van der Waals surface area contributed by atoms with Crippen LogP contribution in [0.1, 0.15) is 39.7 Å². The van der Waals surface area contributed by atoms with Crippen LogP contribution in [0.25, 0.3) is 0 Å². The number of benzene rings is 1. The largest absolute Gasteiger partial charge is 0.504 e. The Labute approximate surface area is 126 Å². The fourth-order valence-electron chi connectivity index (χ4n) is 3.03.